The lowest BCUT2D eigenvalue weighted by atomic mass is 10.2. The third-order valence-electron chi connectivity index (χ3n) is 2.90. The van der Waals surface area contributed by atoms with Crippen LogP contribution >= 0.6 is 11.6 Å². The van der Waals surface area contributed by atoms with Gasteiger partial charge in [-0.2, -0.15) is 5.26 Å². The zero-order chi connectivity index (χ0) is 16.0. The standard InChI is InChI=1S/C16H13ClN2O2S/c1-21-15-8-4-5-9-16(15)22(20,19-12-18)11-10-13-6-2-3-7-14(13)17/h2-11H,1H3/b11-10+. The van der Waals surface area contributed by atoms with Gasteiger partial charge < -0.3 is 4.74 Å². The van der Waals surface area contributed by atoms with Crippen molar-refractivity contribution in [2.24, 2.45) is 4.36 Å². The van der Waals surface area contributed by atoms with Gasteiger partial charge in [0, 0.05) is 10.4 Å². The summed E-state index contributed by atoms with van der Waals surface area (Å²) in [7, 11) is -1.60. The van der Waals surface area contributed by atoms with Gasteiger partial charge in [0.15, 0.2) is 0 Å². The highest BCUT2D eigenvalue weighted by molar-refractivity contribution is 7.96. The molecule has 0 aliphatic heterocycles. The number of nitriles is 1. The van der Waals surface area contributed by atoms with Crippen molar-refractivity contribution in [2.45, 2.75) is 4.90 Å². The van der Waals surface area contributed by atoms with E-state index in [9.17, 15) is 4.21 Å². The minimum absolute atomic E-state index is 0.349. The first-order valence-corrected chi connectivity index (χ1v) is 8.27. The van der Waals surface area contributed by atoms with Gasteiger partial charge >= 0.3 is 0 Å². The summed E-state index contributed by atoms with van der Waals surface area (Å²) in [6, 6.07) is 13.9. The Kier molecular flexibility index (Phi) is 5.21. The Morgan fingerprint density at radius 3 is 2.59 bits per heavy atom. The number of methoxy groups -OCH3 is 1. The fourth-order valence-corrected chi connectivity index (χ4v) is 3.52. The maximum atomic E-state index is 13.1. The lowest BCUT2D eigenvalue weighted by Crippen LogP contribution is -1.99. The highest BCUT2D eigenvalue weighted by Gasteiger charge is 2.15. The largest absolute Gasteiger partial charge is 0.495 e. The van der Waals surface area contributed by atoms with Crippen LogP contribution in [0, 0.1) is 11.5 Å². The van der Waals surface area contributed by atoms with Gasteiger partial charge in [0.05, 0.1) is 12.0 Å². The molecule has 2 rings (SSSR count). The van der Waals surface area contributed by atoms with Crippen molar-refractivity contribution in [1.82, 2.24) is 0 Å². The van der Waals surface area contributed by atoms with Crippen LogP contribution < -0.4 is 4.74 Å². The zero-order valence-corrected chi connectivity index (χ0v) is 13.3. The van der Waals surface area contributed by atoms with Crippen molar-refractivity contribution < 1.29 is 8.95 Å². The lowest BCUT2D eigenvalue weighted by Gasteiger charge is -2.09. The van der Waals surface area contributed by atoms with E-state index in [1.807, 2.05) is 6.07 Å². The molecule has 4 nitrogen and oxygen atoms in total. The Hall–Kier alpha value is -2.29. The first kappa shape index (κ1) is 16.1. The van der Waals surface area contributed by atoms with Crippen LogP contribution in [0.15, 0.2) is 63.2 Å². The van der Waals surface area contributed by atoms with Gasteiger partial charge in [-0.25, -0.2) is 4.21 Å². The minimum Gasteiger partial charge on any atom is -0.495 e. The molecule has 112 valence electrons. The topological polar surface area (TPSA) is 62.4 Å². The van der Waals surface area contributed by atoms with E-state index in [0.29, 0.717) is 21.2 Å². The summed E-state index contributed by atoms with van der Waals surface area (Å²) in [5, 5.41) is 10.8. The molecule has 1 unspecified atom stereocenters. The van der Waals surface area contributed by atoms with Gasteiger partial charge in [0.25, 0.3) is 0 Å². The van der Waals surface area contributed by atoms with E-state index in [-0.39, 0.29) is 0 Å². The van der Waals surface area contributed by atoms with Crippen LogP contribution in [0.2, 0.25) is 5.02 Å². The monoisotopic (exact) mass is 332 g/mol. The second kappa shape index (κ2) is 7.12. The van der Waals surface area contributed by atoms with E-state index in [1.54, 1.807) is 54.7 Å². The van der Waals surface area contributed by atoms with Gasteiger partial charge in [0.2, 0.25) is 6.19 Å². The van der Waals surface area contributed by atoms with Gasteiger partial charge in [-0.3, -0.25) is 0 Å². The number of ether oxygens (including phenoxy) is 1. The summed E-state index contributed by atoms with van der Waals surface area (Å²) in [6.07, 6.45) is 3.21. The Labute approximate surface area is 134 Å². The van der Waals surface area contributed by atoms with Crippen LogP contribution in [0.25, 0.3) is 6.08 Å². The second-order valence-electron chi connectivity index (χ2n) is 4.24. The molecule has 0 saturated heterocycles. The van der Waals surface area contributed by atoms with E-state index in [0.717, 1.165) is 0 Å². The molecule has 0 aliphatic rings. The van der Waals surface area contributed by atoms with Crippen LogP contribution in [0.1, 0.15) is 5.56 Å². The molecule has 0 N–H and O–H groups in total. The molecule has 6 heteroatoms. The summed E-state index contributed by atoms with van der Waals surface area (Å²) in [5.74, 6) is 0.412. The number of para-hydroxylation sites is 1. The van der Waals surface area contributed by atoms with Gasteiger partial charge in [-0.05, 0) is 29.8 Å². The average molecular weight is 333 g/mol. The fourth-order valence-electron chi connectivity index (χ4n) is 1.85. The molecule has 0 amide bonds. The van der Waals surface area contributed by atoms with Crippen molar-refractivity contribution >= 4 is 27.4 Å². The highest BCUT2D eigenvalue weighted by atomic mass is 35.5. The molecule has 0 heterocycles. The Bertz CT molecular complexity index is 862. The minimum atomic E-state index is -3.08. The van der Waals surface area contributed by atoms with Crippen molar-refractivity contribution in [3.05, 3.63) is 64.5 Å². The molecule has 2 aromatic carbocycles. The first-order valence-electron chi connectivity index (χ1n) is 6.31. The third-order valence-corrected chi connectivity index (χ3v) is 5.07. The molecule has 0 aromatic heterocycles. The third kappa shape index (κ3) is 3.48. The molecule has 0 radical (unpaired) electrons. The SMILES string of the molecule is COc1ccccc1S(=O)(/C=C/c1ccccc1Cl)=NC#N. The summed E-state index contributed by atoms with van der Waals surface area (Å²) in [6.45, 7) is 0. The molecule has 1 atom stereocenters. The van der Waals surface area contributed by atoms with E-state index < -0.39 is 9.73 Å². The Balaban J connectivity index is 2.56. The summed E-state index contributed by atoms with van der Waals surface area (Å²) in [4.78, 5) is 0.349. The molecule has 0 spiro atoms. The summed E-state index contributed by atoms with van der Waals surface area (Å²) in [5.41, 5.74) is 0.694. The Morgan fingerprint density at radius 2 is 1.91 bits per heavy atom. The number of benzene rings is 2. The maximum absolute atomic E-state index is 13.1. The fraction of sp³-hybridized carbons (Fsp3) is 0.0625. The number of nitrogens with zero attached hydrogens (tertiary/aromatic N) is 2. The number of hydrogen-bond donors (Lipinski definition) is 0. The summed E-state index contributed by atoms with van der Waals surface area (Å²) >= 11 is 6.07. The molecule has 0 bridgehead atoms. The van der Waals surface area contributed by atoms with E-state index in [2.05, 4.69) is 4.36 Å². The molecule has 2 aromatic rings. The van der Waals surface area contributed by atoms with E-state index in [4.69, 9.17) is 21.6 Å². The lowest BCUT2D eigenvalue weighted by molar-refractivity contribution is 0.404. The van der Waals surface area contributed by atoms with E-state index in [1.165, 1.54) is 12.5 Å². The van der Waals surface area contributed by atoms with Crippen LogP contribution in [0.3, 0.4) is 0 Å². The average Bonchev–Trinajstić information content (AvgIpc) is 2.54. The summed E-state index contributed by atoms with van der Waals surface area (Å²) < 4.78 is 21.9. The van der Waals surface area contributed by atoms with Crippen LogP contribution in [0.4, 0.5) is 0 Å². The van der Waals surface area contributed by atoms with Crippen molar-refractivity contribution in [3.63, 3.8) is 0 Å². The van der Waals surface area contributed by atoms with Crippen LogP contribution in [-0.4, -0.2) is 11.3 Å². The van der Waals surface area contributed by atoms with Gasteiger partial charge in [-0.1, -0.05) is 41.9 Å². The van der Waals surface area contributed by atoms with E-state index >= 15 is 0 Å². The van der Waals surface area contributed by atoms with Crippen molar-refractivity contribution in [2.75, 3.05) is 7.11 Å². The first-order chi connectivity index (χ1) is 10.6. The molecule has 0 saturated carbocycles. The molecule has 22 heavy (non-hydrogen) atoms. The van der Waals surface area contributed by atoms with Gasteiger partial charge in [-0.15, -0.1) is 4.36 Å². The van der Waals surface area contributed by atoms with Gasteiger partial charge in [0.1, 0.15) is 15.5 Å². The predicted octanol–water partition coefficient (Wildman–Crippen LogP) is 4.33. The second-order valence-corrected chi connectivity index (χ2v) is 6.67. The molecule has 0 fully saturated rings. The Morgan fingerprint density at radius 1 is 1.23 bits per heavy atom. The number of rotatable bonds is 4. The van der Waals surface area contributed by atoms with Crippen molar-refractivity contribution in [1.29, 1.82) is 5.26 Å². The molecule has 0 aliphatic carbocycles. The predicted molar refractivity (Wildman–Crippen MR) is 87.9 cm³/mol. The number of halogens is 1. The molecular formula is C16H13ClN2O2S. The van der Waals surface area contributed by atoms with Crippen molar-refractivity contribution in [3.8, 4) is 11.9 Å². The molecular weight excluding hydrogens is 320 g/mol. The van der Waals surface area contributed by atoms with Crippen LogP contribution in [0.5, 0.6) is 5.75 Å². The normalized spacial score (nSPS) is 13.3. The highest BCUT2D eigenvalue weighted by Crippen LogP contribution is 2.27. The number of hydrogen-bond acceptors (Lipinski definition) is 4. The quantitative estimate of drug-likeness (QED) is 0.783. The smallest absolute Gasteiger partial charge is 0.215 e. The zero-order valence-electron chi connectivity index (χ0n) is 11.8. The maximum Gasteiger partial charge on any atom is 0.215 e. The van der Waals surface area contributed by atoms with Crippen LogP contribution in [-0.2, 0) is 9.73 Å².